The summed E-state index contributed by atoms with van der Waals surface area (Å²) < 4.78 is 24.4. The van der Waals surface area contributed by atoms with Crippen LogP contribution < -0.4 is 5.56 Å². The fourth-order valence-electron chi connectivity index (χ4n) is 4.66. The Kier molecular flexibility index (Phi) is 5.62. The first kappa shape index (κ1) is 22.6. The van der Waals surface area contributed by atoms with E-state index in [1.807, 2.05) is 10.9 Å². The Bertz CT molecular complexity index is 1510. The fraction of sp³-hybridized carbons (Fsp3) is 0.360. The van der Waals surface area contributed by atoms with Crippen LogP contribution in [0.15, 0.2) is 41.6 Å². The van der Waals surface area contributed by atoms with E-state index >= 15 is 0 Å². The van der Waals surface area contributed by atoms with Gasteiger partial charge in [-0.1, -0.05) is 23.2 Å². The molecule has 2 fully saturated rings. The van der Waals surface area contributed by atoms with Crippen molar-refractivity contribution in [3.63, 3.8) is 0 Å². The third-order valence-electron chi connectivity index (χ3n) is 6.74. The zero-order chi connectivity index (χ0) is 24.3. The summed E-state index contributed by atoms with van der Waals surface area (Å²) in [5, 5.41) is 4.79. The first-order chi connectivity index (χ1) is 16.9. The fourth-order valence-corrected chi connectivity index (χ4v) is 4.95. The van der Waals surface area contributed by atoms with Crippen molar-refractivity contribution in [3.8, 4) is 11.3 Å². The highest BCUT2D eigenvalue weighted by atomic mass is 35.5. The first-order valence-electron chi connectivity index (χ1n) is 11.6. The van der Waals surface area contributed by atoms with E-state index in [-0.39, 0.29) is 39.0 Å². The normalized spacial score (nSPS) is 20.5. The summed E-state index contributed by atoms with van der Waals surface area (Å²) in [6.07, 6.45) is 9.17. The SMILES string of the molecule is Cc1nc2c(-c3ccc(Cl)cc3F)nc([C@@H]3CCO[C@H](c4cnn(C5CC5)c4)C3)cn2c(=O)c1Cl. The van der Waals surface area contributed by atoms with Gasteiger partial charge in [0.25, 0.3) is 5.56 Å². The molecule has 1 saturated heterocycles. The second kappa shape index (κ2) is 8.69. The molecule has 2 aliphatic rings. The quantitative estimate of drug-likeness (QED) is 0.351. The Morgan fingerprint density at radius 2 is 1.97 bits per heavy atom. The molecule has 0 bridgehead atoms. The Labute approximate surface area is 210 Å². The van der Waals surface area contributed by atoms with Gasteiger partial charge >= 0.3 is 0 Å². The van der Waals surface area contributed by atoms with E-state index in [1.165, 1.54) is 10.5 Å². The minimum Gasteiger partial charge on any atom is -0.373 e. The third kappa shape index (κ3) is 4.13. The van der Waals surface area contributed by atoms with Gasteiger partial charge in [0.1, 0.15) is 16.5 Å². The zero-order valence-corrected chi connectivity index (χ0v) is 20.4. The van der Waals surface area contributed by atoms with Crippen LogP contribution in [-0.4, -0.2) is 30.8 Å². The van der Waals surface area contributed by atoms with Gasteiger partial charge in [-0.15, -0.1) is 0 Å². The molecule has 1 aliphatic heterocycles. The number of ether oxygens (including phenoxy) is 1. The first-order valence-corrected chi connectivity index (χ1v) is 12.3. The second-order valence-corrected chi connectivity index (χ2v) is 10.0. The van der Waals surface area contributed by atoms with Gasteiger partial charge in [0.2, 0.25) is 0 Å². The topological polar surface area (TPSA) is 74.3 Å². The highest BCUT2D eigenvalue weighted by molar-refractivity contribution is 6.31. The van der Waals surface area contributed by atoms with Crippen LogP contribution in [0, 0.1) is 12.7 Å². The van der Waals surface area contributed by atoms with E-state index in [1.54, 1.807) is 25.3 Å². The summed E-state index contributed by atoms with van der Waals surface area (Å²) in [4.78, 5) is 22.4. The molecule has 180 valence electrons. The van der Waals surface area contributed by atoms with Gasteiger partial charge in [0, 0.05) is 41.1 Å². The lowest BCUT2D eigenvalue weighted by Crippen LogP contribution is -2.23. The Hall–Kier alpha value is -2.81. The van der Waals surface area contributed by atoms with Crippen LogP contribution >= 0.6 is 23.2 Å². The average molecular weight is 514 g/mol. The highest BCUT2D eigenvalue weighted by Gasteiger charge is 2.30. The van der Waals surface area contributed by atoms with Crippen molar-refractivity contribution in [1.82, 2.24) is 24.1 Å². The maximum atomic E-state index is 15.0. The van der Waals surface area contributed by atoms with E-state index in [0.717, 1.165) is 24.8 Å². The van der Waals surface area contributed by atoms with Gasteiger partial charge in [-0.25, -0.2) is 14.4 Å². The van der Waals surface area contributed by atoms with Crippen LogP contribution in [0.1, 0.15) is 60.7 Å². The van der Waals surface area contributed by atoms with E-state index < -0.39 is 11.4 Å². The molecule has 1 aliphatic carbocycles. The third-order valence-corrected chi connectivity index (χ3v) is 7.41. The van der Waals surface area contributed by atoms with Gasteiger partial charge in [0.15, 0.2) is 5.65 Å². The van der Waals surface area contributed by atoms with Gasteiger partial charge < -0.3 is 4.74 Å². The monoisotopic (exact) mass is 513 g/mol. The lowest BCUT2D eigenvalue weighted by molar-refractivity contribution is 0.00454. The molecule has 4 aromatic rings. The number of aromatic nitrogens is 5. The summed E-state index contributed by atoms with van der Waals surface area (Å²) in [7, 11) is 0. The lowest BCUT2D eigenvalue weighted by Gasteiger charge is -2.29. The molecule has 35 heavy (non-hydrogen) atoms. The number of nitrogens with zero attached hydrogens (tertiary/aromatic N) is 5. The van der Waals surface area contributed by atoms with Crippen LogP contribution in [0.2, 0.25) is 10.0 Å². The number of hydrogen-bond donors (Lipinski definition) is 0. The number of rotatable bonds is 4. The standard InChI is InChI=1S/C25H22Cl2FN5O2/c1-13-22(27)25(34)32-12-20(31-23(24(32)30-13)18-5-2-16(26)9-19(18)28)14-6-7-35-21(8-14)15-10-29-33(11-15)17-3-4-17/h2,5,9-12,14,17,21H,3-4,6-8H2,1H3/t14-,21+/m1/s1. The number of benzene rings is 1. The molecular weight excluding hydrogens is 492 g/mol. The largest absolute Gasteiger partial charge is 0.373 e. The summed E-state index contributed by atoms with van der Waals surface area (Å²) in [5.74, 6) is -0.549. The van der Waals surface area contributed by atoms with Crippen molar-refractivity contribution in [1.29, 1.82) is 0 Å². The molecule has 2 atom stereocenters. The van der Waals surface area contributed by atoms with Crippen LogP contribution in [0.25, 0.3) is 16.9 Å². The Balaban J connectivity index is 1.45. The van der Waals surface area contributed by atoms with Crippen molar-refractivity contribution in [2.24, 2.45) is 0 Å². The van der Waals surface area contributed by atoms with Crippen LogP contribution in [-0.2, 0) is 4.74 Å². The number of fused-ring (bicyclic) bond motifs is 1. The molecule has 0 radical (unpaired) electrons. The molecule has 0 unspecified atom stereocenters. The molecule has 4 heterocycles. The molecule has 6 rings (SSSR count). The van der Waals surface area contributed by atoms with Gasteiger partial charge in [-0.2, -0.15) is 5.10 Å². The van der Waals surface area contributed by atoms with E-state index in [9.17, 15) is 9.18 Å². The molecule has 10 heteroatoms. The summed E-state index contributed by atoms with van der Waals surface area (Å²) >= 11 is 12.2. The predicted molar refractivity (Wildman–Crippen MR) is 131 cm³/mol. The number of aryl methyl sites for hydroxylation is 1. The molecule has 3 aromatic heterocycles. The maximum absolute atomic E-state index is 15.0. The van der Waals surface area contributed by atoms with Crippen molar-refractivity contribution in [2.45, 2.75) is 50.7 Å². The van der Waals surface area contributed by atoms with Gasteiger partial charge in [-0.05, 0) is 50.8 Å². The minimum atomic E-state index is -0.539. The average Bonchev–Trinajstić information content (AvgIpc) is 3.59. The predicted octanol–water partition coefficient (Wildman–Crippen LogP) is 5.68. The van der Waals surface area contributed by atoms with Crippen LogP contribution in [0.3, 0.4) is 0 Å². The molecule has 1 aromatic carbocycles. The van der Waals surface area contributed by atoms with Crippen molar-refractivity contribution < 1.29 is 9.13 Å². The van der Waals surface area contributed by atoms with Crippen LogP contribution in [0.4, 0.5) is 4.39 Å². The maximum Gasteiger partial charge on any atom is 0.277 e. The zero-order valence-electron chi connectivity index (χ0n) is 18.9. The highest BCUT2D eigenvalue weighted by Crippen LogP contribution is 2.40. The van der Waals surface area contributed by atoms with Crippen molar-refractivity contribution in [2.75, 3.05) is 6.61 Å². The smallest absolute Gasteiger partial charge is 0.277 e. The minimum absolute atomic E-state index is 0.0106. The van der Waals surface area contributed by atoms with Crippen molar-refractivity contribution in [3.05, 3.63) is 80.0 Å². The lowest BCUT2D eigenvalue weighted by atomic mass is 9.90. The van der Waals surface area contributed by atoms with E-state index in [2.05, 4.69) is 16.3 Å². The second-order valence-electron chi connectivity index (χ2n) is 9.21. The molecule has 0 amide bonds. The number of hydrogen-bond acceptors (Lipinski definition) is 5. The Morgan fingerprint density at radius 1 is 1.14 bits per heavy atom. The van der Waals surface area contributed by atoms with Gasteiger partial charge in [-0.3, -0.25) is 13.9 Å². The summed E-state index contributed by atoms with van der Waals surface area (Å²) in [6, 6.07) is 4.87. The Morgan fingerprint density at radius 3 is 2.74 bits per heavy atom. The molecule has 0 spiro atoms. The molecule has 1 saturated carbocycles. The van der Waals surface area contributed by atoms with E-state index in [4.69, 9.17) is 32.9 Å². The molecular formula is C25H22Cl2FN5O2. The molecule has 7 nitrogen and oxygen atoms in total. The van der Waals surface area contributed by atoms with Crippen molar-refractivity contribution >= 4 is 28.8 Å². The summed E-state index contributed by atoms with van der Waals surface area (Å²) in [6.45, 7) is 2.18. The van der Waals surface area contributed by atoms with E-state index in [0.29, 0.717) is 30.5 Å². The summed E-state index contributed by atoms with van der Waals surface area (Å²) in [5.41, 5.74) is 2.38. The number of halogens is 3. The molecule has 0 N–H and O–H groups in total. The van der Waals surface area contributed by atoms with Crippen LogP contribution in [0.5, 0.6) is 0 Å². The van der Waals surface area contributed by atoms with Gasteiger partial charge in [0.05, 0.1) is 29.7 Å².